The van der Waals surface area contributed by atoms with E-state index in [2.05, 4.69) is 16.2 Å². The van der Waals surface area contributed by atoms with Gasteiger partial charge in [-0.25, -0.2) is 0 Å². The number of benzene rings is 1. The predicted molar refractivity (Wildman–Crippen MR) is 62.6 cm³/mol. The first-order chi connectivity index (χ1) is 8.86. The van der Waals surface area contributed by atoms with Gasteiger partial charge in [0, 0.05) is 18.1 Å². The minimum absolute atomic E-state index is 0.237. The van der Waals surface area contributed by atoms with Crippen LogP contribution in [0.5, 0.6) is 0 Å². The number of rotatable bonds is 2. The van der Waals surface area contributed by atoms with Gasteiger partial charge in [-0.1, -0.05) is 5.16 Å². The van der Waals surface area contributed by atoms with Crippen molar-refractivity contribution in [2.75, 3.05) is 13.2 Å². The largest absolute Gasteiger partial charge is 0.381 e. The number of hydrogen-bond acceptors (Lipinski definition) is 5. The van der Waals surface area contributed by atoms with Crippen molar-refractivity contribution in [2.45, 2.75) is 12.3 Å². The van der Waals surface area contributed by atoms with Gasteiger partial charge >= 0.3 is 0 Å². The van der Waals surface area contributed by atoms with Gasteiger partial charge in [0.25, 0.3) is 5.89 Å². The molecule has 5 heteroatoms. The second-order valence-corrected chi connectivity index (χ2v) is 4.21. The summed E-state index contributed by atoms with van der Waals surface area (Å²) in [7, 11) is 0. The van der Waals surface area contributed by atoms with E-state index in [4.69, 9.17) is 14.5 Å². The maximum Gasteiger partial charge on any atom is 0.257 e. The monoisotopic (exact) mass is 241 g/mol. The van der Waals surface area contributed by atoms with Crippen molar-refractivity contribution in [1.29, 1.82) is 5.26 Å². The van der Waals surface area contributed by atoms with Crippen molar-refractivity contribution in [3.05, 3.63) is 35.7 Å². The Kier molecular flexibility index (Phi) is 2.79. The molecule has 0 amide bonds. The summed E-state index contributed by atoms with van der Waals surface area (Å²) in [5.41, 5.74) is 1.44. The van der Waals surface area contributed by atoms with Crippen LogP contribution in [0, 0.1) is 11.3 Å². The molecule has 0 aliphatic carbocycles. The zero-order chi connectivity index (χ0) is 12.4. The molecule has 1 aliphatic heterocycles. The molecule has 0 N–H and O–H groups in total. The van der Waals surface area contributed by atoms with Gasteiger partial charge in [0.15, 0.2) is 5.82 Å². The Morgan fingerprint density at radius 2 is 2.11 bits per heavy atom. The normalized spacial score (nSPS) is 18.7. The van der Waals surface area contributed by atoms with Crippen LogP contribution in [-0.4, -0.2) is 23.4 Å². The zero-order valence-corrected chi connectivity index (χ0v) is 9.67. The molecule has 1 unspecified atom stereocenters. The molecular weight excluding hydrogens is 230 g/mol. The topological polar surface area (TPSA) is 71.9 Å². The lowest BCUT2D eigenvalue weighted by molar-refractivity contribution is 0.192. The third kappa shape index (κ3) is 1.98. The maximum absolute atomic E-state index is 8.73. The number of aromatic nitrogens is 2. The first kappa shape index (κ1) is 10.9. The Labute approximate surface area is 104 Å². The minimum Gasteiger partial charge on any atom is -0.381 e. The summed E-state index contributed by atoms with van der Waals surface area (Å²) in [4.78, 5) is 4.38. The molecular formula is C13H11N3O2. The lowest BCUT2D eigenvalue weighted by Crippen LogP contribution is -1.99. The van der Waals surface area contributed by atoms with Crippen molar-refractivity contribution >= 4 is 0 Å². The quantitative estimate of drug-likeness (QED) is 0.805. The summed E-state index contributed by atoms with van der Waals surface area (Å²) in [6.45, 7) is 1.41. The first-order valence-corrected chi connectivity index (χ1v) is 5.79. The fourth-order valence-electron chi connectivity index (χ4n) is 1.94. The summed E-state index contributed by atoms with van der Waals surface area (Å²) in [6.07, 6.45) is 0.937. The maximum atomic E-state index is 8.73. The molecule has 2 heterocycles. The Bertz CT molecular complexity index is 577. The highest BCUT2D eigenvalue weighted by Gasteiger charge is 2.23. The lowest BCUT2D eigenvalue weighted by atomic mass is 10.1. The Morgan fingerprint density at radius 3 is 2.78 bits per heavy atom. The molecule has 0 spiro atoms. The van der Waals surface area contributed by atoms with E-state index in [9.17, 15) is 0 Å². The van der Waals surface area contributed by atoms with Crippen molar-refractivity contribution in [2.24, 2.45) is 0 Å². The Hall–Kier alpha value is -2.19. The van der Waals surface area contributed by atoms with Crippen LogP contribution in [0.15, 0.2) is 28.8 Å². The predicted octanol–water partition coefficient (Wildman–Crippen LogP) is 2.11. The molecule has 0 bridgehead atoms. The highest BCUT2D eigenvalue weighted by Crippen LogP contribution is 2.25. The van der Waals surface area contributed by atoms with Crippen molar-refractivity contribution in [3.8, 4) is 17.5 Å². The molecule has 1 saturated heterocycles. The van der Waals surface area contributed by atoms with Crippen LogP contribution in [0.25, 0.3) is 11.5 Å². The van der Waals surface area contributed by atoms with E-state index in [0.717, 1.165) is 18.6 Å². The standard InChI is InChI=1S/C13H11N3O2/c14-7-9-1-3-10(4-2-9)13-15-12(16-18-13)11-5-6-17-8-11/h1-4,11H,5-6,8H2. The van der Waals surface area contributed by atoms with E-state index in [1.54, 1.807) is 24.3 Å². The van der Waals surface area contributed by atoms with Crippen molar-refractivity contribution in [3.63, 3.8) is 0 Å². The van der Waals surface area contributed by atoms with Crippen LogP contribution in [0.1, 0.15) is 23.7 Å². The smallest absolute Gasteiger partial charge is 0.257 e. The van der Waals surface area contributed by atoms with Gasteiger partial charge in [0.2, 0.25) is 0 Å². The molecule has 3 rings (SSSR count). The van der Waals surface area contributed by atoms with Gasteiger partial charge in [0.1, 0.15) is 0 Å². The average Bonchev–Trinajstić information content (AvgIpc) is 3.09. The van der Waals surface area contributed by atoms with E-state index in [-0.39, 0.29) is 5.92 Å². The van der Waals surface area contributed by atoms with E-state index >= 15 is 0 Å². The van der Waals surface area contributed by atoms with Crippen LogP contribution in [0.3, 0.4) is 0 Å². The van der Waals surface area contributed by atoms with E-state index in [0.29, 0.717) is 23.9 Å². The minimum atomic E-state index is 0.237. The summed E-state index contributed by atoms with van der Waals surface area (Å²) in [5.74, 6) is 1.43. The third-order valence-electron chi connectivity index (χ3n) is 3.00. The number of hydrogen-bond donors (Lipinski definition) is 0. The SMILES string of the molecule is N#Cc1ccc(-c2nc(C3CCOC3)no2)cc1. The fourth-order valence-corrected chi connectivity index (χ4v) is 1.94. The molecule has 1 atom stereocenters. The summed E-state index contributed by atoms with van der Waals surface area (Å²) >= 11 is 0. The van der Waals surface area contributed by atoms with Crippen LogP contribution in [-0.2, 0) is 4.74 Å². The molecule has 5 nitrogen and oxygen atoms in total. The van der Waals surface area contributed by atoms with Gasteiger partial charge in [-0.2, -0.15) is 10.2 Å². The van der Waals surface area contributed by atoms with Gasteiger partial charge in [0.05, 0.1) is 18.2 Å². The summed E-state index contributed by atoms with van der Waals surface area (Å²) < 4.78 is 10.5. The number of nitrogens with zero attached hydrogens (tertiary/aromatic N) is 3. The molecule has 1 aromatic heterocycles. The number of nitriles is 1. The molecule has 1 fully saturated rings. The second-order valence-electron chi connectivity index (χ2n) is 4.21. The number of ether oxygens (including phenoxy) is 1. The second kappa shape index (κ2) is 4.59. The van der Waals surface area contributed by atoms with Gasteiger partial charge < -0.3 is 9.26 Å². The Morgan fingerprint density at radius 1 is 1.28 bits per heavy atom. The average molecular weight is 241 g/mol. The van der Waals surface area contributed by atoms with E-state index in [1.165, 1.54) is 0 Å². The molecule has 90 valence electrons. The summed E-state index contributed by atoms with van der Waals surface area (Å²) in [6, 6.07) is 9.15. The molecule has 18 heavy (non-hydrogen) atoms. The lowest BCUT2D eigenvalue weighted by Gasteiger charge is -1.97. The van der Waals surface area contributed by atoms with Gasteiger partial charge in [-0.3, -0.25) is 0 Å². The third-order valence-corrected chi connectivity index (χ3v) is 3.00. The highest BCUT2D eigenvalue weighted by atomic mass is 16.5. The van der Waals surface area contributed by atoms with Crippen LogP contribution in [0.4, 0.5) is 0 Å². The molecule has 1 aliphatic rings. The highest BCUT2D eigenvalue weighted by molar-refractivity contribution is 5.54. The van der Waals surface area contributed by atoms with E-state index < -0.39 is 0 Å². The Balaban J connectivity index is 1.85. The van der Waals surface area contributed by atoms with Crippen molar-refractivity contribution < 1.29 is 9.26 Å². The van der Waals surface area contributed by atoms with Gasteiger partial charge in [-0.15, -0.1) is 0 Å². The molecule has 0 radical (unpaired) electrons. The van der Waals surface area contributed by atoms with Crippen LogP contribution < -0.4 is 0 Å². The summed E-state index contributed by atoms with van der Waals surface area (Å²) in [5, 5.41) is 12.7. The van der Waals surface area contributed by atoms with Crippen molar-refractivity contribution in [1.82, 2.24) is 10.1 Å². The molecule has 0 saturated carbocycles. The first-order valence-electron chi connectivity index (χ1n) is 5.79. The zero-order valence-electron chi connectivity index (χ0n) is 9.67. The molecule has 1 aromatic carbocycles. The van der Waals surface area contributed by atoms with Crippen LogP contribution >= 0.6 is 0 Å². The van der Waals surface area contributed by atoms with E-state index in [1.807, 2.05) is 0 Å². The van der Waals surface area contributed by atoms with Gasteiger partial charge in [-0.05, 0) is 30.7 Å². The van der Waals surface area contributed by atoms with Crippen LogP contribution in [0.2, 0.25) is 0 Å². The molecule has 2 aromatic rings. The fraction of sp³-hybridized carbons (Fsp3) is 0.308.